The molecule has 2 aliphatic carbocycles. The third kappa shape index (κ3) is 4.19. The maximum absolute atomic E-state index is 13.1. The highest BCUT2D eigenvalue weighted by Crippen LogP contribution is 2.39. The van der Waals surface area contributed by atoms with Crippen molar-refractivity contribution in [3.8, 4) is 16.9 Å². The molecule has 5 nitrogen and oxygen atoms in total. The molecule has 0 unspecified atom stereocenters. The number of halogens is 1. The van der Waals surface area contributed by atoms with Gasteiger partial charge in [0.25, 0.3) is 0 Å². The average Bonchev–Trinajstić information content (AvgIpc) is 3.65. The summed E-state index contributed by atoms with van der Waals surface area (Å²) in [6.07, 6.45) is 7.72. The number of aromatic nitrogens is 1. The fourth-order valence-electron chi connectivity index (χ4n) is 4.59. The Bertz CT molecular complexity index is 1170. The van der Waals surface area contributed by atoms with Gasteiger partial charge in [-0.3, -0.25) is 9.78 Å². The van der Waals surface area contributed by atoms with Gasteiger partial charge >= 0.3 is 0 Å². The van der Waals surface area contributed by atoms with E-state index in [1.54, 1.807) is 13.3 Å². The Kier molecular flexibility index (Phi) is 5.78. The molecule has 6 heteroatoms. The van der Waals surface area contributed by atoms with Crippen LogP contribution < -0.4 is 15.8 Å². The van der Waals surface area contributed by atoms with Gasteiger partial charge in [-0.2, -0.15) is 0 Å². The van der Waals surface area contributed by atoms with E-state index in [9.17, 15) is 4.79 Å². The van der Waals surface area contributed by atoms with Crippen molar-refractivity contribution >= 4 is 34.0 Å². The summed E-state index contributed by atoms with van der Waals surface area (Å²) in [6.45, 7) is 0. The molecular formula is C26H28ClN3O2. The molecule has 0 saturated heterocycles. The molecule has 0 atom stereocenters. The molecule has 1 heterocycles. The van der Waals surface area contributed by atoms with Gasteiger partial charge in [-0.15, -0.1) is 0 Å². The second kappa shape index (κ2) is 8.72. The van der Waals surface area contributed by atoms with Gasteiger partial charge < -0.3 is 15.8 Å². The van der Waals surface area contributed by atoms with Crippen LogP contribution in [0.4, 0.5) is 5.69 Å². The second-order valence-electron chi connectivity index (χ2n) is 9.02. The SMILES string of the molecule is COc1ccc(-c2ccc3ncc(C(=O)C4CC4)c(N[C@H]4CC[C@H](N)CC4)c3c2)cc1Cl. The summed E-state index contributed by atoms with van der Waals surface area (Å²) in [5.41, 5.74) is 10.6. The van der Waals surface area contributed by atoms with Gasteiger partial charge in [0.15, 0.2) is 5.78 Å². The van der Waals surface area contributed by atoms with Crippen LogP contribution in [0.25, 0.3) is 22.0 Å². The van der Waals surface area contributed by atoms with E-state index in [4.69, 9.17) is 22.1 Å². The van der Waals surface area contributed by atoms with Gasteiger partial charge in [-0.1, -0.05) is 23.7 Å². The molecule has 3 aromatic rings. The van der Waals surface area contributed by atoms with Gasteiger partial charge in [0.1, 0.15) is 5.75 Å². The Morgan fingerprint density at radius 1 is 1.06 bits per heavy atom. The van der Waals surface area contributed by atoms with Crippen LogP contribution in [-0.4, -0.2) is 30.0 Å². The number of fused-ring (bicyclic) bond motifs is 1. The Morgan fingerprint density at radius 3 is 2.47 bits per heavy atom. The van der Waals surface area contributed by atoms with E-state index in [1.165, 1.54) is 0 Å². The van der Waals surface area contributed by atoms with Crippen molar-refractivity contribution in [2.24, 2.45) is 11.7 Å². The van der Waals surface area contributed by atoms with Crippen molar-refractivity contribution in [3.05, 3.63) is 53.2 Å². The van der Waals surface area contributed by atoms with Gasteiger partial charge in [0, 0.05) is 29.6 Å². The molecule has 0 amide bonds. The third-order valence-electron chi connectivity index (χ3n) is 6.69. The number of pyridine rings is 1. The van der Waals surface area contributed by atoms with Crippen LogP contribution in [0.15, 0.2) is 42.6 Å². The Hall–Kier alpha value is -2.63. The van der Waals surface area contributed by atoms with E-state index in [0.717, 1.165) is 66.2 Å². The van der Waals surface area contributed by atoms with Crippen molar-refractivity contribution in [3.63, 3.8) is 0 Å². The Balaban J connectivity index is 1.59. The van der Waals surface area contributed by atoms with Crippen LogP contribution >= 0.6 is 11.6 Å². The maximum atomic E-state index is 13.1. The zero-order chi connectivity index (χ0) is 22.2. The highest BCUT2D eigenvalue weighted by atomic mass is 35.5. The number of nitrogens with zero attached hydrogens (tertiary/aromatic N) is 1. The van der Waals surface area contributed by atoms with Crippen LogP contribution in [0, 0.1) is 5.92 Å². The number of ketones is 1. The van der Waals surface area contributed by atoms with Crippen LogP contribution in [0.1, 0.15) is 48.9 Å². The number of hydrogen-bond donors (Lipinski definition) is 2. The van der Waals surface area contributed by atoms with Crippen molar-refractivity contribution in [1.82, 2.24) is 4.98 Å². The standard InChI is InChI=1S/C26H28ClN3O2/c1-32-24-11-5-17(13-22(24)27)16-4-10-23-20(12-16)25(30-19-8-6-18(28)7-9-19)21(14-29-23)26(31)15-2-3-15/h4-5,10-15,18-19H,2-3,6-9,28H2,1H3,(H,29,30)/t18-,19-. The van der Waals surface area contributed by atoms with Crippen LogP contribution in [0.2, 0.25) is 5.02 Å². The maximum Gasteiger partial charge on any atom is 0.169 e. The fraction of sp³-hybridized carbons (Fsp3) is 0.385. The average molecular weight is 450 g/mol. The van der Waals surface area contributed by atoms with E-state index >= 15 is 0 Å². The predicted molar refractivity (Wildman–Crippen MR) is 130 cm³/mol. The molecule has 0 radical (unpaired) electrons. The topological polar surface area (TPSA) is 77.2 Å². The number of nitrogens with one attached hydrogen (secondary N) is 1. The lowest BCUT2D eigenvalue weighted by atomic mass is 9.91. The Morgan fingerprint density at radius 2 is 1.78 bits per heavy atom. The van der Waals surface area contributed by atoms with E-state index in [2.05, 4.69) is 16.4 Å². The number of methoxy groups -OCH3 is 1. The molecule has 0 spiro atoms. The van der Waals surface area contributed by atoms with Crippen LogP contribution in [0.3, 0.4) is 0 Å². The lowest BCUT2D eigenvalue weighted by Gasteiger charge is -2.29. The molecule has 2 saturated carbocycles. The first-order valence-corrected chi connectivity index (χ1v) is 11.7. The van der Waals surface area contributed by atoms with Gasteiger partial charge in [0.05, 0.1) is 28.9 Å². The molecule has 1 aromatic heterocycles. The molecule has 166 valence electrons. The number of carbonyl (C=O) groups excluding carboxylic acids is 1. The smallest absolute Gasteiger partial charge is 0.169 e. The highest BCUT2D eigenvalue weighted by Gasteiger charge is 2.33. The molecule has 3 N–H and O–H groups in total. The zero-order valence-corrected chi connectivity index (χ0v) is 19.0. The predicted octanol–water partition coefficient (Wildman–Crippen LogP) is 5.84. The molecule has 2 aliphatic rings. The monoisotopic (exact) mass is 449 g/mol. The minimum absolute atomic E-state index is 0.137. The lowest BCUT2D eigenvalue weighted by Crippen LogP contribution is -2.33. The van der Waals surface area contributed by atoms with Crippen molar-refractivity contribution in [2.45, 2.75) is 50.6 Å². The summed E-state index contributed by atoms with van der Waals surface area (Å²) in [6, 6.07) is 12.5. The van der Waals surface area contributed by atoms with Crippen LogP contribution in [0.5, 0.6) is 5.75 Å². The summed E-state index contributed by atoms with van der Waals surface area (Å²) in [5.74, 6) is 0.985. The first-order chi connectivity index (χ1) is 15.5. The Labute approximate surface area is 193 Å². The quantitative estimate of drug-likeness (QED) is 0.462. The van der Waals surface area contributed by atoms with Crippen molar-refractivity contribution in [1.29, 1.82) is 0 Å². The van der Waals surface area contributed by atoms with Gasteiger partial charge in [-0.25, -0.2) is 0 Å². The number of nitrogens with two attached hydrogens (primary N) is 1. The number of hydrogen-bond acceptors (Lipinski definition) is 5. The highest BCUT2D eigenvalue weighted by molar-refractivity contribution is 6.32. The molecular weight excluding hydrogens is 422 g/mol. The van der Waals surface area contributed by atoms with Crippen molar-refractivity contribution < 1.29 is 9.53 Å². The molecule has 2 fully saturated rings. The first kappa shape index (κ1) is 21.2. The molecule has 5 rings (SSSR count). The zero-order valence-electron chi connectivity index (χ0n) is 18.2. The van der Waals surface area contributed by atoms with Crippen molar-refractivity contribution in [2.75, 3.05) is 12.4 Å². The minimum atomic E-state index is 0.137. The number of benzene rings is 2. The van der Waals surface area contributed by atoms with Gasteiger partial charge in [0.2, 0.25) is 0 Å². The first-order valence-electron chi connectivity index (χ1n) is 11.4. The summed E-state index contributed by atoms with van der Waals surface area (Å²) in [5, 5.41) is 5.26. The normalized spacial score (nSPS) is 20.8. The summed E-state index contributed by atoms with van der Waals surface area (Å²) < 4.78 is 5.29. The largest absolute Gasteiger partial charge is 0.495 e. The lowest BCUT2D eigenvalue weighted by molar-refractivity contribution is 0.0968. The molecule has 32 heavy (non-hydrogen) atoms. The van der Waals surface area contributed by atoms with E-state index in [0.29, 0.717) is 22.4 Å². The molecule has 0 aliphatic heterocycles. The van der Waals surface area contributed by atoms with E-state index < -0.39 is 0 Å². The van der Waals surface area contributed by atoms with E-state index in [1.807, 2.05) is 30.3 Å². The van der Waals surface area contributed by atoms with Crippen LogP contribution in [-0.2, 0) is 0 Å². The third-order valence-corrected chi connectivity index (χ3v) is 6.98. The number of anilines is 1. The van der Waals surface area contributed by atoms with Gasteiger partial charge in [-0.05, 0) is 73.9 Å². The summed E-state index contributed by atoms with van der Waals surface area (Å²) in [4.78, 5) is 17.7. The summed E-state index contributed by atoms with van der Waals surface area (Å²) in [7, 11) is 1.61. The number of ether oxygens (including phenoxy) is 1. The summed E-state index contributed by atoms with van der Waals surface area (Å²) >= 11 is 6.37. The molecule has 0 bridgehead atoms. The van der Waals surface area contributed by atoms with E-state index in [-0.39, 0.29) is 17.7 Å². The number of rotatable bonds is 6. The second-order valence-corrected chi connectivity index (χ2v) is 9.43. The molecule has 2 aromatic carbocycles. The number of carbonyl (C=O) groups is 1. The number of Topliss-reactive ketones (excluding diaryl/α,β-unsaturated/α-hetero) is 1. The fourth-order valence-corrected chi connectivity index (χ4v) is 4.85. The minimum Gasteiger partial charge on any atom is -0.495 e.